The van der Waals surface area contributed by atoms with Gasteiger partial charge in [-0.05, 0) is 89.5 Å². The van der Waals surface area contributed by atoms with Crippen molar-refractivity contribution in [1.29, 1.82) is 0 Å². The number of hydrogen-bond donors (Lipinski definition) is 0. The summed E-state index contributed by atoms with van der Waals surface area (Å²) in [5, 5.41) is -0.691. The lowest BCUT2D eigenvalue weighted by Crippen LogP contribution is -2.21. The van der Waals surface area contributed by atoms with Crippen LogP contribution in [0.15, 0.2) is 81.8 Å². The fourth-order valence-electron chi connectivity index (χ4n) is 4.71. The number of rotatable bonds is 12. The van der Waals surface area contributed by atoms with Crippen LogP contribution in [0.4, 0.5) is 0 Å². The second kappa shape index (κ2) is 13.4. The van der Waals surface area contributed by atoms with E-state index in [1.165, 1.54) is 24.0 Å². The summed E-state index contributed by atoms with van der Waals surface area (Å²) in [5.41, 5.74) is 4.79. The van der Waals surface area contributed by atoms with Gasteiger partial charge in [0, 0.05) is 13.2 Å². The summed E-state index contributed by atoms with van der Waals surface area (Å²) >= 11 is 0. The van der Waals surface area contributed by atoms with Crippen LogP contribution in [0.1, 0.15) is 74.1 Å². The molecule has 0 aliphatic heterocycles. The molecule has 0 amide bonds. The third-order valence-corrected chi connectivity index (χ3v) is 8.61. The van der Waals surface area contributed by atoms with Crippen LogP contribution in [0.2, 0.25) is 0 Å². The number of allylic oxidation sites excluding steroid dienone is 6. The molecule has 0 radical (unpaired) electrons. The summed E-state index contributed by atoms with van der Waals surface area (Å²) in [6.45, 7) is 15.6. The van der Waals surface area contributed by atoms with Crippen LogP contribution in [0.3, 0.4) is 0 Å². The minimum atomic E-state index is -3.57. The van der Waals surface area contributed by atoms with Gasteiger partial charge >= 0.3 is 0 Å². The average molecular weight is 501 g/mol. The molecule has 194 valence electrons. The zero-order chi connectivity index (χ0) is 26.1. The van der Waals surface area contributed by atoms with Gasteiger partial charge < -0.3 is 9.47 Å². The number of ether oxygens (including phenoxy) is 2. The predicted octanol–water partition coefficient (Wildman–Crippen LogP) is 7.59. The Morgan fingerprint density at radius 1 is 1.06 bits per heavy atom. The van der Waals surface area contributed by atoms with Crippen molar-refractivity contribution in [2.24, 2.45) is 5.41 Å². The van der Waals surface area contributed by atoms with Gasteiger partial charge in [0.15, 0.2) is 16.1 Å². The maximum Gasteiger partial charge on any atom is 0.185 e. The summed E-state index contributed by atoms with van der Waals surface area (Å²) in [4.78, 5) is 0.337. The molecule has 0 bridgehead atoms. The summed E-state index contributed by atoms with van der Waals surface area (Å²) in [7, 11) is -3.57. The van der Waals surface area contributed by atoms with E-state index >= 15 is 0 Å². The van der Waals surface area contributed by atoms with E-state index in [0.29, 0.717) is 24.5 Å². The van der Waals surface area contributed by atoms with Crippen molar-refractivity contribution in [2.45, 2.75) is 90.6 Å². The first kappa shape index (κ1) is 29.3. The van der Waals surface area contributed by atoms with Gasteiger partial charge in [-0.25, -0.2) is 8.42 Å². The normalized spacial score (nSPS) is 18.5. The van der Waals surface area contributed by atoms with Crippen molar-refractivity contribution in [2.75, 3.05) is 13.2 Å². The molecule has 1 aromatic rings. The maximum absolute atomic E-state index is 13.6. The Morgan fingerprint density at radius 3 is 2.26 bits per heavy atom. The molecular formula is C30H44O4S. The first-order valence-electron chi connectivity index (χ1n) is 12.8. The third-order valence-electron chi connectivity index (χ3n) is 6.58. The highest BCUT2D eigenvalue weighted by molar-refractivity contribution is 7.92. The van der Waals surface area contributed by atoms with E-state index in [-0.39, 0.29) is 5.41 Å². The summed E-state index contributed by atoms with van der Waals surface area (Å²) in [5.74, 6) is 0. The van der Waals surface area contributed by atoms with Crippen LogP contribution in [0, 0.1) is 5.41 Å². The highest BCUT2D eigenvalue weighted by Crippen LogP contribution is 2.40. The van der Waals surface area contributed by atoms with Crippen LogP contribution in [0.25, 0.3) is 0 Å². The van der Waals surface area contributed by atoms with Gasteiger partial charge in [0.05, 0.1) is 10.1 Å². The van der Waals surface area contributed by atoms with E-state index in [4.69, 9.17) is 9.47 Å². The van der Waals surface area contributed by atoms with Crippen LogP contribution >= 0.6 is 0 Å². The lowest BCUT2D eigenvalue weighted by atomic mass is 9.72. The van der Waals surface area contributed by atoms with Crippen molar-refractivity contribution < 1.29 is 17.9 Å². The van der Waals surface area contributed by atoms with Crippen molar-refractivity contribution in [3.05, 3.63) is 76.9 Å². The van der Waals surface area contributed by atoms with Gasteiger partial charge in [0.1, 0.15) is 0 Å². The second-order valence-corrected chi connectivity index (χ2v) is 12.2. The average Bonchev–Trinajstić information content (AvgIpc) is 2.78. The Bertz CT molecular complexity index is 1040. The van der Waals surface area contributed by atoms with E-state index in [9.17, 15) is 8.42 Å². The fraction of sp³-hybridized carbons (Fsp3) is 0.533. The zero-order valence-electron chi connectivity index (χ0n) is 22.6. The van der Waals surface area contributed by atoms with E-state index in [0.717, 1.165) is 17.6 Å². The maximum atomic E-state index is 13.6. The Hall–Kier alpha value is -1.95. The fourth-order valence-corrected chi connectivity index (χ4v) is 6.47. The number of hydrogen-bond acceptors (Lipinski definition) is 4. The predicted molar refractivity (Wildman–Crippen MR) is 146 cm³/mol. The SMILES string of the molecule is CCOC(C=C(C)CC(C=C(C)C=CC1=C(C)CCCC1(C)C)S(=O)(=O)c1ccccc1)OCC. The molecule has 0 saturated heterocycles. The minimum absolute atomic E-state index is 0.140. The van der Waals surface area contributed by atoms with Crippen molar-refractivity contribution in [1.82, 2.24) is 0 Å². The molecule has 5 heteroatoms. The minimum Gasteiger partial charge on any atom is -0.349 e. The van der Waals surface area contributed by atoms with Crippen molar-refractivity contribution in [3.8, 4) is 0 Å². The molecule has 1 unspecified atom stereocenters. The second-order valence-electron chi connectivity index (χ2n) is 10.1. The smallest absolute Gasteiger partial charge is 0.185 e. The quantitative estimate of drug-likeness (QED) is 0.168. The Balaban J connectivity index is 2.41. The molecular weight excluding hydrogens is 456 g/mol. The summed E-state index contributed by atoms with van der Waals surface area (Å²) < 4.78 is 38.6. The van der Waals surface area contributed by atoms with Gasteiger partial charge in [0.25, 0.3) is 0 Å². The van der Waals surface area contributed by atoms with Gasteiger partial charge in [-0.1, -0.05) is 67.0 Å². The van der Waals surface area contributed by atoms with Gasteiger partial charge in [-0.15, -0.1) is 0 Å². The topological polar surface area (TPSA) is 52.6 Å². The first-order chi connectivity index (χ1) is 16.5. The molecule has 0 fully saturated rings. The Kier molecular flexibility index (Phi) is 11.2. The lowest BCUT2D eigenvalue weighted by Gasteiger charge is -2.33. The van der Waals surface area contributed by atoms with Crippen molar-refractivity contribution >= 4 is 9.84 Å². The molecule has 1 atom stereocenters. The molecule has 1 aliphatic carbocycles. The molecule has 0 spiro atoms. The molecule has 1 aromatic carbocycles. The largest absolute Gasteiger partial charge is 0.349 e. The summed E-state index contributed by atoms with van der Waals surface area (Å²) in [6, 6.07) is 8.71. The van der Waals surface area contributed by atoms with Crippen LogP contribution < -0.4 is 0 Å². The monoisotopic (exact) mass is 500 g/mol. The standard InChI is InChI=1S/C30H44O4S/c1-8-33-29(34-9-2)22-24(4)21-27(35(31,32)26-15-11-10-12-16-26)20-23(3)17-18-28-25(5)14-13-19-30(28,6)7/h10-12,15-18,20,22,27,29H,8-9,13-14,19,21H2,1-7H3. The van der Waals surface area contributed by atoms with Crippen LogP contribution in [0.5, 0.6) is 0 Å². The van der Waals surface area contributed by atoms with E-state index < -0.39 is 21.4 Å². The molecule has 1 aliphatic rings. The van der Waals surface area contributed by atoms with E-state index in [1.807, 2.05) is 45.9 Å². The lowest BCUT2D eigenvalue weighted by molar-refractivity contribution is -0.104. The zero-order valence-corrected chi connectivity index (χ0v) is 23.5. The molecule has 0 saturated carbocycles. The van der Waals surface area contributed by atoms with E-state index in [1.54, 1.807) is 24.3 Å². The van der Waals surface area contributed by atoms with Crippen LogP contribution in [-0.4, -0.2) is 33.2 Å². The first-order valence-corrected chi connectivity index (χ1v) is 14.3. The third kappa shape index (κ3) is 8.59. The molecule has 4 nitrogen and oxygen atoms in total. The number of sulfone groups is 1. The Morgan fingerprint density at radius 2 is 1.69 bits per heavy atom. The van der Waals surface area contributed by atoms with Gasteiger partial charge in [-0.2, -0.15) is 0 Å². The number of benzene rings is 1. The van der Waals surface area contributed by atoms with Crippen molar-refractivity contribution in [3.63, 3.8) is 0 Å². The van der Waals surface area contributed by atoms with Crippen LogP contribution in [-0.2, 0) is 19.3 Å². The molecule has 0 heterocycles. The summed E-state index contributed by atoms with van der Waals surface area (Å²) in [6.07, 6.45) is 11.4. The molecule has 2 rings (SSSR count). The molecule has 0 aromatic heterocycles. The van der Waals surface area contributed by atoms with Gasteiger partial charge in [0.2, 0.25) is 0 Å². The van der Waals surface area contributed by atoms with Gasteiger partial charge in [-0.3, -0.25) is 0 Å². The highest BCUT2D eigenvalue weighted by atomic mass is 32.2. The highest BCUT2D eigenvalue weighted by Gasteiger charge is 2.28. The molecule has 0 N–H and O–H groups in total. The van der Waals surface area contributed by atoms with E-state index in [2.05, 4.69) is 32.9 Å². The Labute approximate surface area is 213 Å². The molecule has 35 heavy (non-hydrogen) atoms.